The van der Waals surface area contributed by atoms with Gasteiger partial charge in [-0.05, 0) is 93.4 Å². The summed E-state index contributed by atoms with van der Waals surface area (Å²) in [6.07, 6.45) is 1.78. The lowest BCUT2D eigenvalue weighted by molar-refractivity contribution is -0.121. The molecule has 190 valence electrons. The highest BCUT2D eigenvalue weighted by atomic mass is 79.9. The van der Waals surface area contributed by atoms with E-state index in [1.165, 1.54) is 23.8 Å². The fraction of sp³-hybridized carbons (Fsp3) is 0.148. The third kappa shape index (κ3) is 6.36. The Morgan fingerprint density at radius 1 is 1.14 bits per heavy atom. The number of benzene rings is 3. The number of esters is 1. The number of carbonyl (C=O) groups excluding carboxylic acids is 2. The summed E-state index contributed by atoms with van der Waals surface area (Å²) in [6.45, 7) is 0.315. The molecule has 1 aliphatic rings. The molecule has 37 heavy (non-hydrogen) atoms. The first-order valence-corrected chi connectivity index (χ1v) is 13.0. The summed E-state index contributed by atoms with van der Waals surface area (Å²) < 4.78 is 17.0. The Balaban J connectivity index is 1.54. The lowest BCUT2D eigenvalue weighted by atomic mass is 10.1. The normalized spacial score (nSPS) is 15.4. The molecule has 1 amide bonds. The van der Waals surface area contributed by atoms with Crippen LogP contribution in [-0.4, -0.2) is 43.2 Å². The van der Waals surface area contributed by atoms with Gasteiger partial charge in [-0.1, -0.05) is 23.7 Å². The van der Waals surface area contributed by atoms with Gasteiger partial charge in [-0.3, -0.25) is 9.69 Å². The Labute approximate surface area is 232 Å². The molecule has 3 aromatic rings. The molecule has 4 rings (SSSR count). The van der Waals surface area contributed by atoms with Crippen molar-refractivity contribution in [2.24, 2.45) is 4.99 Å². The van der Waals surface area contributed by atoms with Crippen molar-refractivity contribution in [1.82, 2.24) is 4.90 Å². The van der Waals surface area contributed by atoms with Gasteiger partial charge in [0.05, 0.1) is 34.8 Å². The standard InChI is InChI=1S/C27H22BrClN2O5S/c1-31-25(32)23(37-27(31)30-20-9-7-18(8-10-20)26(33)35-3)14-17-12-21(28)24(22(13-17)34-2)36-15-16-5-4-6-19(29)11-16/h4-14H,15H2,1-3H3/b23-14-,30-27?. The maximum Gasteiger partial charge on any atom is 0.337 e. The van der Waals surface area contributed by atoms with Gasteiger partial charge in [0.25, 0.3) is 5.91 Å². The minimum atomic E-state index is -0.422. The molecule has 1 aliphatic heterocycles. The van der Waals surface area contributed by atoms with Crippen LogP contribution < -0.4 is 9.47 Å². The minimum absolute atomic E-state index is 0.175. The van der Waals surface area contributed by atoms with E-state index in [0.29, 0.717) is 48.9 Å². The zero-order valence-electron chi connectivity index (χ0n) is 20.2. The number of thioether (sulfide) groups is 1. The first-order valence-electron chi connectivity index (χ1n) is 11.0. The minimum Gasteiger partial charge on any atom is -0.493 e. The van der Waals surface area contributed by atoms with Gasteiger partial charge in [0, 0.05) is 12.1 Å². The number of amidine groups is 1. The van der Waals surface area contributed by atoms with E-state index in [-0.39, 0.29) is 5.91 Å². The van der Waals surface area contributed by atoms with E-state index in [0.717, 1.165) is 11.1 Å². The Morgan fingerprint density at radius 3 is 2.57 bits per heavy atom. The summed E-state index contributed by atoms with van der Waals surface area (Å²) in [7, 11) is 4.56. The molecule has 1 heterocycles. The quantitative estimate of drug-likeness (QED) is 0.221. The molecule has 1 fully saturated rings. The summed E-state index contributed by atoms with van der Waals surface area (Å²) in [5.74, 6) is 0.470. The topological polar surface area (TPSA) is 77.4 Å². The molecular weight excluding hydrogens is 580 g/mol. The predicted octanol–water partition coefficient (Wildman–Crippen LogP) is 6.71. The second kappa shape index (κ2) is 11.9. The van der Waals surface area contributed by atoms with Gasteiger partial charge in [-0.2, -0.15) is 0 Å². The summed E-state index contributed by atoms with van der Waals surface area (Å²) in [5, 5.41) is 1.16. The highest BCUT2D eigenvalue weighted by Crippen LogP contribution is 2.39. The molecular formula is C27H22BrClN2O5S. The number of nitrogens with zero attached hydrogens (tertiary/aromatic N) is 2. The number of carbonyl (C=O) groups is 2. The molecule has 0 aromatic heterocycles. The third-order valence-electron chi connectivity index (χ3n) is 5.34. The van der Waals surface area contributed by atoms with Crippen LogP contribution in [0.4, 0.5) is 5.69 Å². The van der Waals surface area contributed by atoms with Crippen molar-refractivity contribution in [3.8, 4) is 11.5 Å². The van der Waals surface area contributed by atoms with Crippen LogP contribution in [0.2, 0.25) is 5.02 Å². The van der Waals surface area contributed by atoms with Gasteiger partial charge in [0.1, 0.15) is 6.61 Å². The molecule has 0 radical (unpaired) electrons. The van der Waals surface area contributed by atoms with Crippen molar-refractivity contribution in [2.45, 2.75) is 6.61 Å². The number of ether oxygens (including phenoxy) is 3. The fourth-order valence-corrected chi connectivity index (χ4v) is 5.22. The van der Waals surface area contributed by atoms with E-state index in [9.17, 15) is 9.59 Å². The molecule has 3 aromatic carbocycles. The second-order valence-electron chi connectivity index (χ2n) is 7.86. The third-order valence-corrected chi connectivity index (χ3v) is 7.22. The number of rotatable bonds is 7. The summed E-state index contributed by atoms with van der Waals surface area (Å²) in [6, 6.07) is 17.8. The van der Waals surface area contributed by atoms with E-state index >= 15 is 0 Å². The van der Waals surface area contributed by atoms with E-state index in [1.54, 1.807) is 56.6 Å². The van der Waals surface area contributed by atoms with E-state index in [1.807, 2.05) is 24.3 Å². The summed E-state index contributed by atoms with van der Waals surface area (Å²) in [5.41, 5.74) is 2.72. The van der Waals surface area contributed by atoms with Crippen molar-refractivity contribution in [1.29, 1.82) is 0 Å². The largest absolute Gasteiger partial charge is 0.493 e. The number of amides is 1. The highest BCUT2D eigenvalue weighted by molar-refractivity contribution is 9.10. The smallest absolute Gasteiger partial charge is 0.337 e. The van der Waals surface area contributed by atoms with Crippen LogP contribution in [0, 0.1) is 0 Å². The van der Waals surface area contributed by atoms with Crippen molar-refractivity contribution in [2.75, 3.05) is 21.3 Å². The number of hydrogen-bond acceptors (Lipinski definition) is 7. The molecule has 0 N–H and O–H groups in total. The Kier molecular flexibility index (Phi) is 8.58. The van der Waals surface area contributed by atoms with Crippen LogP contribution in [-0.2, 0) is 16.1 Å². The van der Waals surface area contributed by atoms with Crippen LogP contribution in [0.1, 0.15) is 21.5 Å². The van der Waals surface area contributed by atoms with Gasteiger partial charge < -0.3 is 14.2 Å². The van der Waals surface area contributed by atoms with Crippen LogP contribution in [0.15, 0.2) is 75.0 Å². The van der Waals surface area contributed by atoms with Gasteiger partial charge in [-0.15, -0.1) is 0 Å². The molecule has 7 nitrogen and oxygen atoms in total. The lowest BCUT2D eigenvalue weighted by Gasteiger charge is -2.14. The predicted molar refractivity (Wildman–Crippen MR) is 150 cm³/mol. The first-order chi connectivity index (χ1) is 17.8. The van der Waals surface area contributed by atoms with Crippen molar-refractivity contribution >= 4 is 68.1 Å². The zero-order chi connectivity index (χ0) is 26.5. The zero-order valence-corrected chi connectivity index (χ0v) is 23.3. The molecule has 0 unspecified atom stereocenters. The Bertz CT molecular complexity index is 1410. The number of halogens is 2. The number of hydrogen-bond donors (Lipinski definition) is 0. The molecule has 0 bridgehead atoms. The molecule has 0 saturated carbocycles. The van der Waals surface area contributed by atoms with E-state index in [2.05, 4.69) is 20.9 Å². The molecule has 1 saturated heterocycles. The van der Waals surface area contributed by atoms with Crippen LogP contribution >= 0.6 is 39.3 Å². The van der Waals surface area contributed by atoms with Crippen molar-refractivity contribution in [3.05, 3.63) is 91.8 Å². The highest BCUT2D eigenvalue weighted by Gasteiger charge is 2.30. The Morgan fingerprint density at radius 2 is 1.89 bits per heavy atom. The van der Waals surface area contributed by atoms with Gasteiger partial charge in [0.15, 0.2) is 16.7 Å². The van der Waals surface area contributed by atoms with Crippen molar-refractivity contribution < 1.29 is 23.8 Å². The van der Waals surface area contributed by atoms with Gasteiger partial charge in [-0.25, -0.2) is 9.79 Å². The molecule has 0 spiro atoms. The SMILES string of the molecule is COC(=O)c1ccc(N=C2S/C(=C\c3cc(Br)c(OCc4cccc(Cl)c4)c(OC)c3)C(=O)N2C)cc1. The average Bonchev–Trinajstić information content (AvgIpc) is 3.15. The fourth-order valence-electron chi connectivity index (χ4n) is 3.45. The first kappa shape index (κ1) is 26.8. The van der Waals surface area contributed by atoms with E-state index < -0.39 is 5.97 Å². The monoisotopic (exact) mass is 600 g/mol. The maximum atomic E-state index is 12.9. The molecule has 0 atom stereocenters. The second-order valence-corrected chi connectivity index (χ2v) is 10.2. The van der Waals surface area contributed by atoms with Gasteiger partial charge >= 0.3 is 5.97 Å². The van der Waals surface area contributed by atoms with E-state index in [4.69, 9.17) is 25.8 Å². The lowest BCUT2D eigenvalue weighted by Crippen LogP contribution is -2.23. The van der Waals surface area contributed by atoms with Crippen LogP contribution in [0.5, 0.6) is 11.5 Å². The number of aliphatic imine (C=N–C) groups is 1. The van der Waals surface area contributed by atoms with Gasteiger partial charge in [0.2, 0.25) is 0 Å². The number of likely N-dealkylation sites (N-methyl/N-ethyl adjacent to an activating group) is 1. The maximum absolute atomic E-state index is 12.9. The molecule has 0 aliphatic carbocycles. The summed E-state index contributed by atoms with van der Waals surface area (Å²) >= 11 is 10.9. The summed E-state index contributed by atoms with van der Waals surface area (Å²) in [4.78, 5) is 31.1. The van der Waals surface area contributed by atoms with Crippen LogP contribution in [0.25, 0.3) is 6.08 Å². The van der Waals surface area contributed by atoms with Crippen LogP contribution in [0.3, 0.4) is 0 Å². The number of methoxy groups -OCH3 is 2. The average molecular weight is 602 g/mol. The molecule has 10 heteroatoms. The Hall–Kier alpha value is -3.27. The van der Waals surface area contributed by atoms with Crippen molar-refractivity contribution in [3.63, 3.8) is 0 Å².